The number of carbonyl (C=O) groups is 4. The molecule has 8 saturated carbocycles. The van der Waals surface area contributed by atoms with Gasteiger partial charge in [-0.25, -0.2) is 0 Å². The van der Waals surface area contributed by atoms with E-state index in [-0.39, 0.29) is 78.4 Å². The van der Waals surface area contributed by atoms with Crippen molar-refractivity contribution in [3.63, 3.8) is 0 Å². The molecule has 8 rings (SSSR count). The van der Waals surface area contributed by atoms with Crippen LogP contribution in [0.1, 0.15) is 221 Å². The van der Waals surface area contributed by atoms with Crippen LogP contribution in [0.2, 0.25) is 0 Å². The van der Waals surface area contributed by atoms with Gasteiger partial charge in [-0.3, -0.25) is 19.2 Å². The molecule has 0 aliphatic heterocycles. The zero-order valence-corrected chi connectivity index (χ0v) is 49.6. The van der Waals surface area contributed by atoms with E-state index in [0.717, 1.165) is 138 Å². The standard InChI is InChI=1S/C60H102N2O6.2BrH/c1-53-31-23-47-55(3)27-21-29-57(5,45(55)25-33-59(47,43-53)41-49(53)63)51(65)67-39-37-61(7,8)35-19-17-15-13-11-12-14-16-18-20-36-62(9,10)38-40-68-52(66)58(6)30-22-28-56(4)46(58)26-34-60-42-50(64)54(2,44-60)32-24-48(56)60;;/h45-48H,11-44H2,1-10H3;2*1H/q+2;;/p-2/t45-,46-,47-,48-,53-,54-,55+,56+,57+,58+,59-,60-;;/m0../s1. The molecule has 8 aliphatic rings. The number of unbranched alkanes of at least 4 members (excludes halogenated alkanes) is 9. The Morgan fingerprint density at radius 3 is 1.14 bits per heavy atom. The largest absolute Gasteiger partial charge is 1.00 e. The van der Waals surface area contributed by atoms with Gasteiger partial charge in [-0.05, 0) is 175 Å². The van der Waals surface area contributed by atoms with E-state index in [9.17, 15) is 19.2 Å². The molecule has 70 heavy (non-hydrogen) atoms. The van der Waals surface area contributed by atoms with E-state index in [0.29, 0.717) is 48.5 Å². The molecule has 8 fully saturated rings. The maximum atomic E-state index is 14.0. The Morgan fingerprint density at radius 2 is 0.786 bits per heavy atom. The lowest BCUT2D eigenvalue weighted by Crippen LogP contribution is -3.00. The first-order valence-electron chi connectivity index (χ1n) is 29.0. The number of hydrogen-bond donors (Lipinski definition) is 0. The zero-order chi connectivity index (χ0) is 49.1. The average Bonchev–Trinajstić information content (AvgIpc) is 3.56. The van der Waals surface area contributed by atoms with Crippen molar-refractivity contribution in [2.75, 3.05) is 67.6 Å². The molecule has 0 saturated heterocycles. The molecule has 10 heteroatoms. The number of carbonyl (C=O) groups excluding carboxylic acids is 4. The molecule has 0 radical (unpaired) electrons. The Bertz CT molecular complexity index is 1760. The van der Waals surface area contributed by atoms with Crippen molar-refractivity contribution < 1.29 is 71.6 Å². The second-order valence-electron chi connectivity index (χ2n) is 28.9. The third-order valence-corrected chi connectivity index (χ3v) is 23.3. The second kappa shape index (κ2) is 21.7. The Morgan fingerprint density at radius 1 is 0.457 bits per heavy atom. The maximum absolute atomic E-state index is 14.0. The second-order valence-corrected chi connectivity index (χ2v) is 28.9. The summed E-state index contributed by atoms with van der Waals surface area (Å²) in [6.45, 7) is 18.9. The lowest BCUT2D eigenvalue weighted by Gasteiger charge is -2.63. The minimum atomic E-state index is -0.416. The van der Waals surface area contributed by atoms with E-state index < -0.39 is 10.8 Å². The zero-order valence-electron chi connectivity index (χ0n) is 46.5. The third-order valence-electron chi connectivity index (χ3n) is 23.3. The van der Waals surface area contributed by atoms with Crippen molar-refractivity contribution in [3.05, 3.63) is 0 Å². The van der Waals surface area contributed by atoms with Crippen LogP contribution in [0.3, 0.4) is 0 Å². The van der Waals surface area contributed by atoms with Crippen LogP contribution in [0.5, 0.6) is 0 Å². The van der Waals surface area contributed by atoms with E-state index in [2.05, 4.69) is 69.7 Å². The van der Waals surface area contributed by atoms with Gasteiger partial charge < -0.3 is 52.4 Å². The van der Waals surface area contributed by atoms with E-state index >= 15 is 0 Å². The SMILES string of the molecule is C[C@@]12CC[C@@H]3[C@@](CC[C@H]4[C@@]3(C)CCC[C@@]4(C)C(=O)OCC[N+](C)(C)CCCCCCCCCCCC[N+](C)(C)CCOC(=O)[C@]3(C)CCC[C@@]4(C)[C@@H]5CC[C@@]6(C)C[C@]5(CC[C@@H]43)CC6=O)(CC1=O)C2.[Br-].[Br-]. The highest BCUT2D eigenvalue weighted by atomic mass is 79.9. The fourth-order valence-corrected chi connectivity index (χ4v) is 19.3. The summed E-state index contributed by atoms with van der Waals surface area (Å²) in [5.41, 5.74) is -0.412. The van der Waals surface area contributed by atoms with Crippen molar-refractivity contribution in [1.29, 1.82) is 0 Å². The third kappa shape index (κ3) is 10.9. The fourth-order valence-electron chi connectivity index (χ4n) is 19.3. The Balaban J connectivity index is 0.00000402. The van der Waals surface area contributed by atoms with Crippen LogP contribution in [0.25, 0.3) is 0 Å². The molecule has 8 nitrogen and oxygen atoms in total. The van der Waals surface area contributed by atoms with Crippen LogP contribution in [-0.2, 0) is 28.7 Å². The molecule has 0 aromatic heterocycles. The van der Waals surface area contributed by atoms with Gasteiger partial charge in [0.2, 0.25) is 0 Å². The van der Waals surface area contributed by atoms with Crippen molar-refractivity contribution in [2.24, 2.45) is 67.0 Å². The summed E-state index contributed by atoms with van der Waals surface area (Å²) < 4.78 is 14.2. The molecule has 2 spiro atoms. The van der Waals surface area contributed by atoms with Gasteiger partial charge in [-0.1, -0.05) is 79.1 Å². The highest BCUT2D eigenvalue weighted by Gasteiger charge is 2.70. The molecular weight excluding hydrogens is 1000 g/mol. The van der Waals surface area contributed by atoms with Crippen LogP contribution in [0.4, 0.5) is 0 Å². The van der Waals surface area contributed by atoms with Gasteiger partial charge in [0.15, 0.2) is 0 Å². The number of Topliss-reactive ketones (excluding diaryl/α,β-unsaturated/α-hetero) is 2. The van der Waals surface area contributed by atoms with E-state index in [1.54, 1.807) is 0 Å². The van der Waals surface area contributed by atoms with Crippen molar-refractivity contribution >= 4 is 23.5 Å². The first-order valence-corrected chi connectivity index (χ1v) is 29.0. The van der Waals surface area contributed by atoms with Crippen LogP contribution in [0, 0.1) is 67.0 Å². The summed E-state index contributed by atoms with van der Waals surface area (Å²) in [6.07, 6.45) is 31.8. The fraction of sp³-hybridized carbons (Fsp3) is 0.933. The predicted molar refractivity (Wildman–Crippen MR) is 272 cm³/mol. The Kier molecular flexibility index (Phi) is 18.1. The maximum Gasteiger partial charge on any atom is 0.312 e. The van der Waals surface area contributed by atoms with Gasteiger partial charge in [-0.15, -0.1) is 0 Å². The summed E-state index contributed by atoms with van der Waals surface area (Å²) in [5.74, 6) is 2.94. The topological polar surface area (TPSA) is 86.7 Å². The summed E-state index contributed by atoms with van der Waals surface area (Å²) >= 11 is 0. The molecule has 0 N–H and O–H groups in total. The number of quaternary nitrogens is 2. The summed E-state index contributed by atoms with van der Waals surface area (Å²) in [6, 6.07) is 0. The average molecular weight is 1110 g/mol. The molecule has 12 atom stereocenters. The smallest absolute Gasteiger partial charge is 0.312 e. The van der Waals surface area contributed by atoms with Gasteiger partial charge in [0.1, 0.15) is 37.9 Å². The number of fused-ring (bicyclic) bond motifs is 6. The molecule has 0 aromatic carbocycles. The van der Waals surface area contributed by atoms with E-state index in [4.69, 9.17) is 9.47 Å². The first kappa shape index (κ1) is 58.4. The van der Waals surface area contributed by atoms with Crippen LogP contribution in [-0.4, -0.2) is 100 Å². The molecule has 402 valence electrons. The minimum absolute atomic E-state index is 0. The van der Waals surface area contributed by atoms with Crippen molar-refractivity contribution in [1.82, 2.24) is 0 Å². The van der Waals surface area contributed by atoms with Gasteiger partial charge in [0, 0.05) is 23.7 Å². The lowest BCUT2D eigenvalue weighted by molar-refractivity contribution is -0.890. The lowest BCUT2D eigenvalue weighted by atomic mass is 9.40. The Hall–Kier alpha value is -0.840. The van der Waals surface area contributed by atoms with Crippen molar-refractivity contribution in [3.8, 4) is 0 Å². The molecule has 0 heterocycles. The van der Waals surface area contributed by atoms with Gasteiger partial charge in [-0.2, -0.15) is 0 Å². The number of halogens is 2. The van der Waals surface area contributed by atoms with E-state index in [1.807, 2.05) is 0 Å². The quantitative estimate of drug-likeness (QED) is 0.0709. The Labute approximate surface area is 448 Å². The number of ether oxygens (including phenoxy) is 2. The molecule has 0 unspecified atom stereocenters. The van der Waals surface area contributed by atoms with Crippen LogP contribution >= 0.6 is 0 Å². The minimum Gasteiger partial charge on any atom is -1.00 e. The number of nitrogens with zero attached hydrogens (tertiary/aromatic N) is 2. The molecule has 4 bridgehead atoms. The summed E-state index contributed by atoms with van der Waals surface area (Å²) in [5, 5.41) is 0. The first-order chi connectivity index (χ1) is 31.9. The highest BCUT2D eigenvalue weighted by Crippen LogP contribution is 2.74. The summed E-state index contributed by atoms with van der Waals surface area (Å²) in [7, 11) is 9.18. The number of hydrogen-bond acceptors (Lipinski definition) is 6. The van der Waals surface area contributed by atoms with Crippen molar-refractivity contribution in [2.45, 2.75) is 221 Å². The number of rotatable bonds is 21. The number of esters is 2. The van der Waals surface area contributed by atoms with Gasteiger partial charge in [0.25, 0.3) is 0 Å². The van der Waals surface area contributed by atoms with Crippen LogP contribution < -0.4 is 34.0 Å². The van der Waals surface area contributed by atoms with Crippen LogP contribution in [0.15, 0.2) is 0 Å². The predicted octanol–water partition coefficient (Wildman–Crippen LogP) is 6.88. The molecule has 0 aromatic rings. The number of ketones is 2. The highest BCUT2D eigenvalue weighted by molar-refractivity contribution is 5.89. The summed E-state index contributed by atoms with van der Waals surface area (Å²) in [4.78, 5) is 54.3. The normalized spacial score (nSPS) is 40.7. The molecular formula is C60H102Br2N2O6. The molecule has 0 amide bonds. The molecule has 8 aliphatic carbocycles. The van der Waals surface area contributed by atoms with Gasteiger partial charge in [0.05, 0.1) is 52.1 Å². The number of likely N-dealkylation sites (N-methyl/N-ethyl adjacent to an activating group) is 2. The van der Waals surface area contributed by atoms with Gasteiger partial charge >= 0.3 is 11.9 Å². The van der Waals surface area contributed by atoms with E-state index in [1.165, 1.54) is 77.0 Å². The monoisotopic (exact) mass is 1100 g/mol.